The monoisotopic (exact) mass is 332 g/mol. The van der Waals surface area contributed by atoms with Gasteiger partial charge in [0.25, 0.3) is 5.56 Å². The van der Waals surface area contributed by atoms with E-state index in [9.17, 15) is 4.79 Å². The molecule has 102 valence electrons. The molecule has 1 atom stereocenters. The molecule has 0 saturated carbocycles. The van der Waals surface area contributed by atoms with E-state index in [1.165, 1.54) is 0 Å². The first-order valence-electron chi connectivity index (χ1n) is 6.04. The highest BCUT2D eigenvalue weighted by Crippen LogP contribution is 2.29. The maximum atomic E-state index is 11.7. The highest BCUT2D eigenvalue weighted by atomic mass is 79.9. The second-order valence-corrected chi connectivity index (χ2v) is 7.84. The lowest BCUT2D eigenvalue weighted by Crippen LogP contribution is -2.24. The summed E-state index contributed by atoms with van der Waals surface area (Å²) >= 11 is 5.23. The van der Waals surface area contributed by atoms with Crippen molar-refractivity contribution in [2.45, 2.75) is 44.9 Å². The van der Waals surface area contributed by atoms with E-state index in [4.69, 9.17) is 0 Å². The van der Waals surface area contributed by atoms with Gasteiger partial charge in [0.2, 0.25) is 0 Å². The second-order valence-electron chi connectivity index (χ2n) is 5.32. The minimum absolute atomic E-state index is 0.0224. The third kappa shape index (κ3) is 4.44. The van der Waals surface area contributed by atoms with Crippen molar-refractivity contribution in [3.8, 4) is 0 Å². The van der Waals surface area contributed by atoms with Crippen LogP contribution in [0.15, 0.2) is 21.5 Å². The van der Waals surface area contributed by atoms with Gasteiger partial charge in [-0.25, -0.2) is 0 Å². The van der Waals surface area contributed by atoms with E-state index in [1.54, 1.807) is 29.6 Å². The number of hydrogen-bond acceptors (Lipinski definition) is 3. The Morgan fingerprint density at radius 3 is 2.61 bits per heavy atom. The van der Waals surface area contributed by atoms with Crippen LogP contribution in [-0.4, -0.2) is 9.31 Å². The van der Waals surface area contributed by atoms with Crippen molar-refractivity contribution in [2.75, 3.05) is 0 Å². The molecule has 0 radical (unpaired) electrons. The quantitative estimate of drug-likeness (QED) is 0.855. The van der Waals surface area contributed by atoms with Gasteiger partial charge in [0.15, 0.2) is 0 Å². The summed E-state index contributed by atoms with van der Waals surface area (Å²) in [6.07, 6.45) is 2.76. The van der Waals surface area contributed by atoms with Crippen LogP contribution in [0.25, 0.3) is 0 Å². The van der Waals surface area contributed by atoms with Crippen LogP contribution in [0.5, 0.6) is 0 Å². The Hall–Kier alpha value is -0.260. The van der Waals surface area contributed by atoms with Crippen LogP contribution in [0.4, 0.5) is 0 Å². The summed E-state index contributed by atoms with van der Waals surface area (Å²) in [5.41, 5.74) is 1.05. The van der Waals surface area contributed by atoms with Gasteiger partial charge in [0.1, 0.15) is 0 Å². The first-order chi connectivity index (χ1) is 8.24. The van der Waals surface area contributed by atoms with Gasteiger partial charge in [0.05, 0.1) is 0 Å². The molecule has 5 heteroatoms. The molecule has 1 aromatic heterocycles. The zero-order chi connectivity index (χ0) is 13.9. The van der Waals surface area contributed by atoms with Crippen LogP contribution < -0.4 is 10.3 Å². The van der Waals surface area contributed by atoms with Crippen LogP contribution in [0.1, 0.15) is 45.7 Å². The van der Waals surface area contributed by atoms with Crippen LogP contribution in [-0.2, 0) is 7.05 Å². The molecule has 0 aliphatic carbocycles. The van der Waals surface area contributed by atoms with Gasteiger partial charge < -0.3 is 4.57 Å². The molecule has 18 heavy (non-hydrogen) atoms. The van der Waals surface area contributed by atoms with Gasteiger partial charge in [-0.15, -0.1) is 0 Å². The van der Waals surface area contributed by atoms with Gasteiger partial charge in [-0.2, -0.15) is 0 Å². The van der Waals surface area contributed by atoms with Crippen molar-refractivity contribution in [3.05, 3.63) is 32.7 Å². The molecule has 0 unspecified atom stereocenters. The minimum Gasteiger partial charge on any atom is -0.317 e. The van der Waals surface area contributed by atoms with Crippen LogP contribution >= 0.6 is 27.9 Å². The number of pyridine rings is 1. The van der Waals surface area contributed by atoms with Gasteiger partial charge in [0, 0.05) is 34.6 Å². The summed E-state index contributed by atoms with van der Waals surface area (Å²) < 4.78 is 6.16. The fraction of sp³-hybridized carbons (Fsp3) is 0.615. The third-order valence-corrected chi connectivity index (χ3v) is 4.18. The van der Waals surface area contributed by atoms with Crippen molar-refractivity contribution in [1.29, 1.82) is 0 Å². The molecule has 1 heterocycles. The lowest BCUT2D eigenvalue weighted by molar-refractivity contribution is 0.634. The van der Waals surface area contributed by atoms with E-state index in [-0.39, 0.29) is 16.3 Å². The second kappa shape index (κ2) is 6.26. The molecule has 0 bridgehead atoms. The molecule has 0 fully saturated rings. The largest absolute Gasteiger partial charge is 0.317 e. The first kappa shape index (κ1) is 15.8. The van der Waals surface area contributed by atoms with E-state index in [2.05, 4.69) is 48.3 Å². The highest BCUT2D eigenvalue weighted by Gasteiger charge is 2.18. The Labute approximate surface area is 122 Å². The van der Waals surface area contributed by atoms with Crippen LogP contribution in [0, 0.1) is 0 Å². The van der Waals surface area contributed by atoms with Gasteiger partial charge in [-0.05, 0) is 48.7 Å². The molecule has 0 aliphatic rings. The Bertz CT molecular complexity index is 465. The first-order valence-corrected chi connectivity index (χ1v) is 7.65. The Morgan fingerprint density at radius 1 is 1.50 bits per heavy atom. The summed E-state index contributed by atoms with van der Waals surface area (Å²) in [6.45, 7) is 8.61. The highest BCUT2D eigenvalue weighted by molar-refractivity contribution is 9.10. The SMILES string of the molecule is CC[C@H](NSC(C)(C)C)c1cc(=O)n(C)cc1Br. The number of rotatable bonds is 4. The number of aryl methyl sites for hydroxylation is 1. The molecule has 0 aliphatic heterocycles. The number of aromatic nitrogens is 1. The van der Waals surface area contributed by atoms with Gasteiger partial charge in [-0.1, -0.05) is 18.9 Å². The smallest absolute Gasteiger partial charge is 0.250 e. The molecule has 3 nitrogen and oxygen atoms in total. The lowest BCUT2D eigenvalue weighted by Gasteiger charge is -2.24. The zero-order valence-electron chi connectivity index (χ0n) is 11.6. The summed E-state index contributed by atoms with van der Waals surface area (Å²) in [4.78, 5) is 11.7. The van der Waals surface area contributed by atoms with Crippen molar-refractivity contribution >= 4 is 27.9 Å². The molecule has 1 aromatic rings. The number of hydrogen-bond donors (Lipinski definition) is 1. The lowest BCUT2D eigenvalue weighted by atomic mass is 10.1. The predicted octanol–water partition coefficient (Wildman–Crippen LogP) is 3.64. The van der Waals surface area contributed by atoms with Crippen molar-refractivity contribution < 1.29 is 0 Å². The molecule has 0 spiro atoms. The van der Waals surface area contributed by atoms with Crippen LogP contribution in [0.2, 0.25) is 0 Å². The Balaban J connectivity index is 2.95. The number of nitrogens with zero attached hydrogens (tertiary/aromatic N) is 1. The summed E-state index contributed by atoms with van der Waals surface area (Å²) in [5.74, 6) is 0. The number of halogens is 1. The van der Waals surface area contributed by atoms with Gasteiger partial charge in [-0.3, -0.25) is 9.52 Å². The van der Waals surface area contributed by atoms with E-state index in [1.807, 2.05) is 6.20 Å². The van der Waals surface area contributed by atoms with Crippen molar-refractivity contribution in [1.82, 2.24) is 9.29 Å². The average molecular weight is 333 g/mol. The standard InChI is InChI=1S/C13H21BrN2OS/c1-6-11(15-18-13(2,3)4)9-7-12(17)16(5)8-10(9)14/h7-8,11,15H,6H2,1-5H3/t11-/m0/s1. The van der Waals surface area contributed by atoms with Gasteiger partial charge >= 0.3 is 0 Å². The predicted molar refractivity (Wildman–Crippen MR) is 82.9 cm³/mol. The topological polar surface area (TPSA) is 34.0 Å². The molecular weight excluding hydrogens is 312 g/mol. The Kier molecular flexibility index (Phi) is 5.49. The van der Waals surface area contributed by atoms with Crippen LogP contribution in [0.3, 0.4) is 0 Å². The van der Waals surface area contributed by atoms with Crippen molar-refractivity contribution in [3.63, 3.8) is 0 Å². The van der Waals surface area contributed by atoms with E-state index in [0.717, 1.165) is 16.5 Å². The fourth-order valence-corrected chi connectivity index (χ4v) is 2.98. The third-order valence-electron chi connectivity index (χ3n) is 2.50. The van der Waals surface area contributed by atoms with E-state index >= 15 is 0 Å². The maximum Gasteiger partial charge on any atom is 0.250 e. The fourth-order valence-electron chi connectivity index (χ4n) is 1.49. The van der Waals surface area contributed by atoms with E-state index < -0.39 is 0 Å². The maximum absolute atomic E-state index is 11.7. The molecule has 1 rings (SSSR count). The molecule has 0 amide bonds. The molecule has 0 saturated heterocycles. The Morgan fingerprint density at radius 2 is 2.11 bits per heavy atom. The summed E-state index contributed by atoms with van der Waals surface area (Å²) in [7, 11) is 1.76. The molecule has 1 N–H and O–H groups in total. The van der Waals surface area contributed by atoms with Crippen molar-refractivity contribution in [2.24, 2.45) is 7.05 Å². The number of nitrogens with one attached hydrogen (secondary N) is 1. The average Bonchev–Trinajstić information content (AvgIpc) is 2.24. The van der Waals surface area contributed by atoms with E-state index in [0.29, 0.717) is 0 Å². The zero-order valence-corrected chi connectivity index (χ0v) is 14.0. The summed E-state index contributed by atoms with van der Waals surface area (Å²) in [5, 5.41) is 0. The normalized spacial score (nSPS) is 13.7. The molecular formula is C13H21BrN2OS. The molecule has 0 aromatic carbocycles. The minimum atomic E-state index is 0.0224. The summed E-state index contributed by atoms with van der Waals surface area (Å²) in [6, 6.07) is 1.88.